The fourth-order valence-corrected chi connectivity index (χ4v) is 3.72. The molecule has 0 spiro atoms. The van der Waals surface area contributed by atoms with Gasteiger partial charge in [-0.15, -0.1) is 0 Å². The average Bonchev–Trinajstić information content (AvgIpc) is 2.90. The largest absolute Gasteiger partial charge is 0.481 e. The van der Waals surface area contributed by atoms with Crippen LogP contribution < -0.4 is 11.1 Å². The Morgan fingerprint density at radius 2 is 1.44 bits per heavy atom. The molecule has 0 bridgehead atoms. The SMILES string of the molecule is CC(C)(C)OC(=O)NCCCOCCOCCOCCCN(Cc1cc(C(=O)OC(C)(C)C)ccc1F)C(=O)C(N)CC(=O)O. The second kappa shape index (κ2) is 19.9. The second-order valence-corrected chi connectivity index (χ2v) is 12.2. The van der Waals surface area contributed by atoms with Gasteiger partial charge in [0.2, 0.25) is 5.91 Å². The maximum Gasteiger partial charge on any atom is 0.407 e. The fraction of sp³-hybridized carbons (Fsp3) is 0.677. The van der Waals surface area contributed by atoms with Gasteiger partial charge in [0.25, 0.3) is 0 Å². The Morgan fingerprint density at radius 3 is 2.00 bits per heavy atom. The number of hydrogen-bond donors (Lipinski definition) is 3. The van der Waals surface area contributed by atoms with Crippen LogP contribution in [0.1, 0.15) is 76.7 Å². The molecule has 0 fully saturated rings. The second-order valence-electron chi connectivity index (χ2n) is 12.2. The summed E-state index contributed by atoms with van der Waals surface area (Å²) < 4.78 is 41.7. The zero-order chi connectivity index (χ0) is 34.0. The summed E-state index contributed by atoms with van der Waals surface area (Å²) in [6, 6.07) is 2.40. The highest BCUT2D eigenvalue weighted by Crippen LogP contribution is 2.18. The molecule has 13 nitrogen and oxygen atoms in total. The molecule has 0 radical (unpaired) electrons. The quantitative estimate of drug-likeness (QED) is 0.140. The Kier molecular flexibility index (Phi) is 17.6. The van der Waals surface area contributed by atoms with Crippen LogP contribution in [0.2, 0.25) is 0 Å². The number of ether oxygens (including phenoxy) is 5. The van der Waals surface area contributed by atoms with Gasteiger partial charge < -0.3 is 44.7 Å². The first-order chi connectivity index (χ1) is 21.0. The summed E-state index contributed by atoms with van der Waals surface area (Å²) in [5.41, 5.74) is 4.70. The lowest BCUT2D eigenvalue weighted by molar-refractivity contribution is -0.142. The van der Waals surface area contributed by atoms with Crippen molar-refractivity contribution in [1.82, 2.24) is 10.2 Å². The Morgan fingerprint density at radius 1 is 0.889 bits per heavy atom. The van der Waals surface area contributed by atoms with E-state index in [1.54, 1.807) is 41.5 Å². The standard InChI is InChI=1S/C31H50FN3O10/c1-30(2,3)44-28(39)22-9-10-24(32)23(19-22)21-35(27(38)25(33)20-26(36)37)12-8-14-42-16-18-43-17-15-41-13-7-11-34-29(40)45-31(4,5)6/h9-10,19,25H,7-8,11-18,20-21,33H2,1-6H3,(H,34,40)(H,36,37). The van der Waals surface area contributed by atoms with E-state index in [9.17, 15) is 23.6 Å². The van der Waals surface area contributed by atoms with Crippen LogP contribution in [0.25, 0.3) is 0 Å². The van der Waals surface area contributed by atoms with Crippen LogP contribution in [0.5, 0.6) is 0 Å². The van der Waals surface area contributed by atoms with E-state index < -0.39 is 53.4 Å². The van der Waals surface area contributed by atoms with Crippen molar-refractivity contribution in [3.05, 3.63) is 35.1 Å². The minimum absolute atomic E-state index is 0.0603. The normalized spacial score (nSPS) is 12.4. The lowest BCUT2D eigenvalue weighted by atomic mass is 10.1. The number of nitrogens with zero attached hydrogens (tertiary/aromatic N) is 1. The zero-order valence-corrected chi connectivity index (χ0v) is 27.3. The van der Waals surface area contributed by atoms with E-state index in [1.807, 2.05) is 0 Å². The van der Waals surface area contributed by atoms with Crippen LogP contribution >= 0.6 is 0 Å². The monoisotopic (exact) mass is 643 g/mol. The minimum atomic E-state index is -1.32. The Labute approximate surface area is 264 Å². The third-order valence-corrected chi connectivity index (χ3v) is 5.66. The van der Waals surface area contributed by atoms with Gasteiger partial charge in [-0.1, -0.05) is 0 Å². The number of nitrogens with two attached hydrogens (primary N) is 1. The molecule has 1 aromatic rings. The first kappa shape index (κ1) is 39.7. The van der Waals surface area contributed by atoms with Crippen LogP contribution in [0.3, 0.4) is 0 Å². The number of carboxylic acids is 1. The van der Waals surface area contributed by atoms with E-state index in [0.717, 1.165) is 6.07 Å². The molecule has 0 aliphatic carbocycles. The molecule has 0 heterocycles. The predicted octanol–water partition coefficient (Wildman–Crippen LogP) is 3.27. The highest BCUT2D eigenvalue weighted by Gasteiger charge is 2.25. The van der Waals surface area contributed by atoms with Gasteiger partial charge in [-0.2, -0.15) is 0 Å². The van der Waals surface area contributed by atoms with E-state index >= 15 is 0 Å². The summed E-state index contributed by atoms with van der Waals surface area (Å²) in [4.78, 5) is 49.4. The van der Waals surface area contributed by atoms with Crippen molar-refractivity contribution in [2.75, 3.05) is 52.7 Å². The summed E-state index contributed by atoms with van der Waals surface area (Å²) in [5, 5.41) is 11.7. The van der Waals surface area contributed by atoms with Crippen molar-refractivity contribution in [2.45, 2.75) is 84.6 Å². The number of carbonyl (C=O) groups is 4. The summed E-state index contributed by atoms with van der Waals surface area (Å²) in [5.74, 6) is -3.18. The van der Waals surface area contributed by atoms with Crippen molar-refractivity contribution >= 4 is 23.9 Å². The number of carbonyl (C=O) groups excluding carboxylic acids is 3. The van der Waals surface area contributed by atoms with Crippen molar-refractivity contribution in [2.24, 2.45) is 5.73 Å². The van der Waals surface area contributed by atoms with Crippen molar-refractivity contribution < 1.29 is 52.4 Å². The molecular weight excluding hydrogens is 593 g/mol. The van der Waals surface area contributed by atoms with E-state index in [2.05, 4.69) is 5.32 Å². The predicted molar refractivity (Wildman–Crippen MR) is 163 cm³/mol. The molecule has 1 rings (SSSR count). The smallest absolute Gasteiger partial charge is 0.407 e. The lowest BCUT2D eigenvalue weighted by Gasteiger charge is -2.26. The molecule has 0 saturated carbocycles. The molecule has 1 atom stereocenters. The van der Waals surface area contributed by atoms with Gasteiger partial charge in [-0.3, -0.25) is 9.59 Å². The van der Waals surface area contributed by atoms with E-state index in [-0.39, 0.29) is 30.8 Å². The van der Waals surface area contributed by atoms with Gasteiger partial charge in [0.05, 0.1) is 44.5 Å². The molecule has 1 unspecified atom stereocenters. The van der Waals surface area contributed by atoms with E-state index in [4.69, 9.17) is 34.5 Å². The summed E-state index contributed by atoms with van der Waals surface area (Å²) >= 11 is 0. The van der Waals surface area contributed by atoms with E-state index in [1.165, 1.54) is 17.0 Å². The van der Waals surface area contributed by atoms with Gasteiger partial charge in [0.1, 0.15) is 17.0 Å². The number of aliphatic carboxylic acids is 1. The van der Waals surface area contributed by atoms with Crippen LogP contribution in [0.15, 0.2) is 18.2 Å². The fourth-order valence-electron chi connectivity index (χ4n) is 3.72. The van der Waals surface area contributed by atoms with Gasteiger partial charge in [0, 0.05) is 38.4 Å². The zero-order valence-electron chi connectivity index (χ0n) is 27.3. The number of halogens is 1. The lowest BCUT2D eigenvalue weighted by Crippen LogP contribution is -2.45. The molecule has 1 aromatic carbocycles. The topological polar surface area (TPSA) is 176 Å². The van der Waals surface area contributed by atoms with Crippen molar-refractivity contribution in [3.63, 3.8) is 0 Å². The van der Waals surface area contributed by atoms with Crippen LogP contribution in [-0.4, -0.2) is 104 Å². The average molecular weight is 644 g/mol. The Balaban J connectivity index is 2.45. The molecule has 256 valence electrons. The number of esters is 1. The van der Waals surface area contributed by atoms with Gasteiger partial charge >= 0.3 is 18.0 Å². The number of carboxylic acid groups (broad SMARTS) is 1. The third kappa shape index (κ3) is 18.9. The maximum absolute atomic E-state index is 14.7. The first-order valence-electron chi connectivity index (χ1n) is 15.0. The molecular formula is C31H50FN3O10. The third-order valence-electron chi connectivity index (χ3n) is 5.66. The number of nitrogens with one attached hydrogen (secondary N) is 1. The Bertz CT molecular complexity index is 1090. The number of amides is 2. The number of benzene rings is 1. The van der Waals surface area contributed by atoms with Crippen molar-refractivity contribution in [1.29, 1.82) is 0 Å². The number of hydrogen-bond acceptors (Lipinski definition) is 10. The molecule has 14 heteroatoms. The maximum atomic E-state index is 14.7. The Hall–Kier alpha value is -3.33. The van der Waals surface area contributed by atoms with E-state index in [0.29, 0.717) is 52.4 Å². The summed E-state index contributed by atoms with van der Waals surface area (Å²) in [6.07, 6.45) is -0.0635. The van der Waals surface area contributed by atoms with Crippen molar-refractivity contribution in [3.8, 4) is 0 Å². The molecule has 0 aliphatic rings. The number of rotatable bonds is 20. The first-order valence-corrected chi connectivity index (χ1v) is 15.0. The molecule has 0 saturated heterocycles. The van der Waals surface area contributed by atoms with Gasteiger partial charge in [-0.05, 0) is 72.6 Å². The molecule has 0 aromatic heterocycles. The van der Waals surface area contributed by atoms with Crippen LogP contribution in [0.4, 0.5) is 9.18 Å². The summed E-state index contributed by atoms with van der Waals surface area (Å²) in [7, 11) is 0. The van der Waals surface area contributed by atoms with Crippen LogP contribution in [0, 0.1) is 5.82 Å². The van der Waals surface area contributed by atoms with Gasteiger partial charge in [0.15, 0.2) is 0 Å². The molecule has 0 aliphatic heterocycles. The highest BCUT2D eigenvalue weighted by atomic mass is 19.1. The molecule has 2 amide bonds. The highest BCUT2D eigenvalue weighted by molar-refractivity contribution is 5.90. The molecule has 4 N–H and O–H groups in total. The summed E-state index contributed by atoms with van der Waals surface area (Å²) in [6.45, 7) is 12.9. The van der Waals surface area contributed by atoms with Crippen LogP contribution in [-0.2, 0) is 39.8 Å². The van der Waals surface area contributed by atoms with Gasteiger partial charge in [-0.25, -0.2) is 14.0 Å². The number of alkyl carbamates (subject to hydrolysis) is 1. The minimum Gasteiger partial charge on any atom is -0.481 e. The molecule has 45 heavy (non-hydrogen) atoms.